The number of benzene rings is 1. The molecule has 1 aromatic rings. The monoisotopic (exact) mass is 280 g/mol. The number of rotatable bonds is 5. The van der Waals surface area contributed by atoms with Gasteiger partial charge in [-0.15, -0.1) is 0 Å². The smallest absolute Gasteiger partial charge is 0.221 e. The number of carbonyl (C=O) groups excluding carboxylic acids is 1. The summed E-state index contributed by atoms with van der Waals surface area (Å²) >= 11 is 2.02. The summed E-state index contributed by atoms with van der Waals surface area (Å²) in [6.45, 7) is 2.49. The lowest BCUT2D eigenvalue weighted by Gasteiger charge is -2.14. The van der Waals surface area contributed by atoms with Crippen LogP contribution in [-0.2, 0) is 4.79 Å². The van der Waals surface area contributed by atoms with E-state index in [1.54, 1.807) is 7.11 Å². The second kappa shape index (κ2) is 6.70. The Morgan fingerprint density at radius 2 is 2.37 bits per heavy atom. The predicted molar refractivity (Wildman–Crippen MR) is 81.2 cm³/mol. The summed E-state index contributed by atoms with van der Waals surface area (Å²) in [6.07, 6.45) is 1.29. The lowest BCUT2D eigenvalue weighted by molar-refractivity contribution is -0.114. The van der Waals surface area contributed by atoms with Gasteiger partial charge in [0, 0.05) is 25.2 Å². The van der Waals surface area contributed by atoms with Gasteiger partial charge in [0.15, 0.2) is 0 Å². The molecule has 1 aliphatic heterocycles. The molecule has 0 bridgehead atoms. The normalized spacial score (nSPS) is 18.1. The Morgan fingerprint density at radius 1 is 1.53 bits per heavy atom. The van der Waals surface area contributed by atoms with Crippen molar-refractivity contribution in [1.29, 1.82) is 0 Å². The number of methoxy groups -OCH3 is 1. The lowest BCUT2D eigenvalue weighted by atomic mass is 10.1. The van der Waals surface area contributed by atoms with Gasteiger partial charge in [-0.3, -0.25) is 4.79 Å². The van der Waals surface area contributed by atoms with Crippen molar-refractivity contribution in [3.8, 4) is 5.75 Å². The molecule has 2 N–H and O–H groups in total. The van der Waals surface area contributed by atoms with Crippen molar-refractivity contribution in [2.24, 2.45) is 5.92 Å². The van der Waals surface area contributed by atoms with E-state index < -0.39 is 0 Å². The Morgan fingerprint density at radius 3 is 3.00 bits per heavy atom. The first-order valence-electron chi connectivity index (χ1n) is 6.46. The molecule has 19 heavy (non-hydrogen) atoms. The first kappa shape index (κ1) is 14.1. The molecule has 0 aliphatic carbocycles. The molecule has 1 atom stereocenters. The van der Waals surface area contributed by atoms with Gasteiger partial charge in [-0.25, -0.2) is 0 Å². The maximum atomic E-state index is 11.1. The highest BCUT2D eigenvalue weighted by atomic mass is 32.2. The topological polar surface area (TPSA) is 50.4 Å². The molecule has 1 heterocycles. The lowest BCUT2D eigenvalue weighted by Crippen LogP contribution is -2.13. The van der Waals surface area contributed by atoms with Gasteiger partial charge in [-0.1, -0.05) is 0 Å². The van der Waals surface area contributed by atoms with Crippen LogP contribution in [0.3, 0.4) is 0 Å². The van der Waals surface area contributed by atoms with E-state index in [0.29, 0.717) is 11.4 Å². The Labute approximate surface area is 118 Å². The number of hydrogen-bond acceptors (Lipinski definition) is 4. The first-order valence-corrected chi connectivity index (χ1v) is 7.61. The van der Waals surface area contributed by atoms with Gasteiger partial charge >= 0.3 is 0 Å². The number of thioether (sulfide) groups is 1. The molecule has 2 rings (SSSR count). The number of hydrogen-bond donors (Lipinski definition) is 2. The minimum Gasteiger partial charge on any atom is -0.494 e. The SMILES string of the molecule is COc1cc(NCC2CCSC2)ccc1NC(C)=O. The highest BCUT2D eigenvalue weighted by Gasteiger charge is 2.15. The van der Waals surface area contributed by atoms with Gasteiger partial charge in [-0.05, 0) is 36.0 Å². The Kier molecular flexibility index (Phi) is 4.96. The van der Waals surface area contributed by atoms with Crippen molar-refractivity contribution in [1.82, 2.24) is 0 Å². The standard InChI is InChI=1S/C14H20N2O2S/c1-10(17)16-13-4-3-12(7-14(13)18-2)15-8-11-5-6-19-9-11/h3-4,7,11,15H,5-6,8-9H2,1-2H3,(H,16,17). The van der Waals surface area contributed by atoms with Crippen LogP contribution in [0.5, 0.6) is 5.75 Å². The van der Waals surface area contributed by atoms with Crippen molar-refractivity contribution in [3.05, 3.63) is 18.2 Å². The Hall–Kier alpha value is -1.36. The van der Waals surface area contributed by atoms with E-state index >= 15 is 0 Å². The molecule has 1 fully saturated rings. The second-order valence-electron chi connectivity index (χ2n) is 4.71. The van der Waals surface area contributed by atoms with Crippen LogP contribution in [0.15, 0.2) is 18.2 Å². The molecule has 1 unspecified atom stereocenters. The zero-order valence-corrected chi connectivity index (χ0v) is 12.2. The molecule has 1 aromatic carbocycles. The molecule has 1 amide bonds. The third-order valence-corrected chi connectivity index (χ3v) is 4.36. The van der Waals surface area contributed by atoms with E-state index in [2.05, 4.69) is 10.6 Å². The van der Waals surface area contributed by atoms with E-state index in [-0.39, 0.29) is 5.91 Å². The maximum Gasteiger partial charge on any atom is 0.221 e. The summed E-state index contributed by atoms with van der Waals surface area (Å²) in [5, 5.41) is 6.19. The number of carbonyl (C=O) groups is 1. The summed E-state index contributed by atoms with van der Waals surface area (Å²) < 4.78 is 5.30. The van der Waals surface area contributed by atoms with E-state index in [4.69, 9.17) is 4.74 Å². The molecule has 0 saturated carbocycles. The summed E-state index contributed by atoms with van der Waals surface area (Å²) in [7, 11) is 1.61. The highest BCUT2D eigenvalue weighted by Crippen LogP contribution is 2.29. The largest absolute Gasteiger partial charge is 0.494 e. The van der Waals surface area contributed by atoms with Crippen LogP contribution in [0, 0.1) is 5.92 Å². The molecule has 0 aromatic heterocycles. The van der Waals surface area contributed by atoms with E-state index in [1.165, 1.54) is 24.9 Å². The highest BCUT2D eigenvalue weighted by molar-refractivity contribution is 7.99. The zero-order chi connectivity index (χ0) is 13.7. The number of anilines is 2. The van der Waals surface area contributed by atoms with Gasteiger partial charge in [0.05, 0.1) is 12.8 Å². The van der Waals surface area contributed by atoms with E-state index in [1.807, 2.05) is 30.0 Å². The molecular weight excluding hydrogens is 260 g/mol. The van der Waals surface area contributed by atoms with Crippen molar-refractivity contribution >= 4 is 29.0 Å². The number of amides is 1. The molecule has 1 saturated heterocycles. The fraction of sp³-hybridized carbons (Fsp3) is 0.500. The molecule has 5 heteroatoms. The van der Waals surface area contributed by atoms with Crippen molar-refractivity contribution in [2.75, 3.05) is 35.8 Å². The van der Waals surface area contributed by atoms with Crippen LogP contribution < -0.4 is 15.4 Å². The van der Waals surface area contributed by atoms with Crippen LogP contribution >= 0.6 is 11.8 Å². The van der Waals surface area contributed by atoms with Gasteiger partial charge in [-0.2, -0.15) is 11.8 Å². The van der Waals surface area contributed by atoms with Gasteiger partial charge in [0.25, 0.3) is 0 Å². The number of nitrogens with one attached hydrogen (secondary N) is 2. The van der Waals surface area contributed by atoms with Crippen LogP contribution in [0.25, 0.3) is 0 Å². The summed E-state index contributed by atoms with van der Waals surface area (Å²) in [6, 6.07) is 5.76. The molecule has 0 radical (unpaired) electrons. The minimum atomic E-state index is -0.0954. The van der Waals surface area contributed by atoms with Crippen molar-refractivity contribution in [3.63, 3.8) is 0 Å². The van der Waals surface area contributed by atoms with Crippen LogP contribution in [0.1, 0.15) is 13.3 Å². The minimum absolute atomic E-state index is 0.0954. The predicted octanol–water partition coefficient (Wildman–Crippen LogP) is 2.82. The van der Waals surface area contributed by atoms with Crippen LogP contribution in [-0.4, -0.2) is 31.1 Å². The summed E-state index contributed by atoms with van der Waals surface area (Å²) in [5.74, 6) is 3.86. The number of ether oxygens (including phenoxy) is 1. The van der Waals surface area contributed by atoms with Gasteiger partial charge in [0.1, 0.15) is 5.75 Å². The van der Waals surface area contributed by atoms with E-state index in [0.717, 1.165) is 18.2 Å². The molecular formula is C14H20N2O2S. The Balaban J connectivity index is 1.99. The molecule has 104 valence electrons. The van der Waals surface area contributed by atoms with Crippen LogP contribution in [0.4, 0.5) is 11.4 Å². The average Bonchev–Trinajstić information content (AvgIpc) is 2.90. The van der Waals surface area contributed by atoms with Crippen molar-refractivity contribution < 1.29 is 9.53 Å². The molecule has 1 aliphatic rings. The maximum absolute atomic E-state index is 11.1. The quantitative estimate of drug-likeness (QED) is 0.871. The molecule has 0 spiro atoms. The third-order valence-electron chi connectivity index (χ3n) is 3.13. The summed E-state index contributed by atoms with van der Waals surface area (Å²) in [4.78, 5) is 11.1. The first-order chi connectivity index (χ1) is 9.19. The average molecular weight is 280 g/mol. The van der Waals surface area contributed by atoms with Gasteiger partial charge < -0.3 is 15.4 Å². The van der Waals surface area contributed by atoms with E-state index in [9.17, 15) is 4.79 Å². The fourth-order valence-electron chi connectivity index (χ4n) is 2.10. The Bertz CT molecular complexity index is 445. The fourth-order valence-corrected chi connectivity index (χ4v) is 3.39. The molecule has 4 nitrogen and oxygen atoms in total. The second-order valence-corrected chi connectivity index (χ2v) is 5.86. The zero-order valence-electron chi connectivity index (χ0n) is 11.4. The van der Waals surface area contributed by atoms with Gasteiger partial charge in [0.2, 0.25) is 5.91 Å². The van der Waals surface area contributed by atoms with Crippen LogP contribution in [0.2, 0.25) is 0 Å². The summed E-state index contributed by atoms with van der Waals surface area (Å²) in [5.41, 5.74) is 1.74. The van der Waals surface area contributed by atoms with Crippen molar-refractivity contribution in [2.45, 2.75) is 13.3 Å². The third kappa shape index (κ3) is 4.06.